The summed E-state index contributed by atoms with van der Waals surface area (Å²) in [6, 6.07) is 2.73. The second-order valence-electron chi connectivity index (χ2n) is 2.53. The Morgan fingerprint density at radius 2 is 2.17 bits per heavy atom. The highest BCUT2D eigenvalue weighted by molar-refractivity contribution is 5.40. The van der Waals surface area contributed by atoms with Crippen molar-refractivity contribution >= 4 is 0 Å². The van der Waals surface area contributed by atoms with Crippen LogP contribution in [0.15, 0.2) is 12.1 Å². The van der Waals surface area contributed by atoms with Crippen molar-refractivity contribution in [3.05, 3.63) is 29.1 Å². The van der Waals surface area contributed by atoms with Gasteiger partial charge in [-0.2, -0.15) is 0 Å². The van der Waals surface area contributed by atoms with Crippen LogP contribution < -0.4 is 5.48 Å². The molecule has 3 N–H and O–H groups in total. The Hall–Kier alpha value is -1.13. The molecular formula is C8H10FNO2. The number of aromatic hydroxyl groups is 1. The average Bonchev–Trinajstić information content (AvgIpc) is 2.06. The van der Waals surface area contributed by atoms with Crippen LogP contribution in [0.2, 0.25) is 0 Å². The number of halogens is 1. The van der Waals surface area contributed by atoms with Gasteiger partial charge in [-0.1, -0.05) is 6.07 Å². The molecule has 0 fully saturated rings. The number of aryl methyl sites for hydroxylation is 1. The molecule has 4 heteroatoms. The first-order valence-electron chi connectivity index (χ1n) is 3.50. The van der Waals surface area contributed by atoms with Crippen LogP contribution in [0.4, 0.5) is 4.39 Å². The quantitative estimate of drug-likeness (QED) is 0.588. The van der Waals surface area contributed by atoms with Crippen molar-refractivity contribution in [2.24, 2.45) is 0 Å². The van der Waals surface area contributed by atoms with Crippen molar-refractivity contribution < 1.29 is 14.7 Å². The minimum atomic E-state index is -0.528. The van der Waals surface area contributed by atoms with Crippen molar-refractivity contribution in [2.75, 3.05) is 0 Å². The van der Waals surface area contributed by atoms with Crippen LogP contribution in [0.5, 0.6) is 5.75 Å². The van der Waals surface area contributed by atoms with Gasteiger partial charge in [0.25, 0.3) is 0 Å². The SMILES string of the molecule is Cc1ccc(F)c(CNO)c1O. The van der Waals surface area contributed by atoms with Crippen molar-refractivity contribution in [1.29, 1.82) is 0 Å². The van der Waals surface area contributed by atoms with E-state index < -0.39 is 5.82 Å². The molecule has 0 aliphatic carbocycles. The summed E-state index contributed by atoms with van der Waals surface area (Å²) in [5.41, 5.74) is 2.46. The Kier molecular flexibility index (Phi) is 2.62. The molecule has 0 unspecified atom stereocenters. The lowest BCUT2D eigenvalue weighted by atomic mass is 10.1. The summed E-state index contributed by atoms with van der Waals surface area (Å²) in [6.45, 7) is 1.56. The van der Waals surface area contributed by atoms with Gasteiger partial charge in [0, 0.05) is 5.56 Å². The minimum Gasteiger partial charge on any atom is -0.507 e. The second kappa shape index (κ2) is 3.51. The van der Waals surface area contributed by atoms with Gasteiger partial charge in [-0.15, -0.1) is 0 Å². The third-order valence-corrected chi connectivity index (χ3v) is 1.68. The zero-order chi connectivity index (χ0) is 9.14. The number of hydrogen-bond acceptors (Lipinski definition) is 3. The lowest BCUT2D eigenvalue weighted by Gasteiger charge is -2.06. The fraction of sp³-hybridized carbons (Fsp3) is 0.250. The number of phenols is 1. The molecule has 0 aromatic heterocycles. The normalized spacial score (nSPS) is 10.2. The minimum absolute atomic E-state index is 0.0810. The summed E-state index contributed by atoms with van der Waals surface area (Å²) in [4.78, 5) is 0. The van der Waals surface area contributed by atoms with Crippen molar-refractivity contribution in [3.8, 4) is 5.75 Å². The maximum absolute atomic E-state index is 12.9. The largest absolute Gasteiger partial charge is 0.507 e. The van der Waals surface area contributed by atoms with Gasteiger partial charge in [0.2, 0.25) is 0 Å². The van der Waals surface area contributed by atoms with E-state index in [9.17, 15) is 9.50 Å². The number of rotatable bonds is 2. The predicted molar refractivity (Wildman–Crippen MR) is 41.4 cm³/mol. The van der Waals surface area contributed by atoms with Crippen molar-refractivity contribution in [3.63, 3.8) is 0 Å². The van der Waals surface area contributed by atoms with E-state index in [2.05, 4.69) is 0 Å². The van der Waals surface area contributed by atoms with Gasteiger partial charge in [-0.05, 0) is 18.6 Å². The van der Waals surface area contributed by atoms with Crippen LogP contribution in [0, 0.1) is 12.7 Å². The first-order valence-corrected chi connectivity index (χ1v) is 3.50. The van der Waals surface area contributed by atoms with Crippen molar-refractivity contribution in [2.45, 2.75) is 13.5 Å². The monoisotopic (exact) mass is 171 g/mol. The molecule has 0 atom stereocenters. The Balaban J connectivity index is 3.14. The fourth-order valence-corrected chi connectivity index (χ4v) is 0.976. The molecule has 0 spiro atoms. The zero-order valence-electron chi connectivity index (χ0n) is 6.63. The molecule has 66 valence electrons. The van der Waals surface area contributed by atoms with Crippen molar-refractivity contribution in [1.82, 2.24) is 5.48 Å². The molecular weight excluding hydrogens is 161 g/mol. The fourth-order valence-electron chi connectivity index (χ4n) is 0.976. The van der Waals surface area contributed by atoms with Gasteiger partial charge in [-0.3, -0.25) is 0 Å². The highest BCUT2D eigenvalue weighted by Crippen LogP contribution is 2.23. The third-order valence-electron chi connectivity index (χ3n) is 1.68. The third kappa shape index (κ3) is 1.54. The zero-order valence-corrected chi connectivity index (χ0v) is 6.63. The summed E-state index contributed by atoms with van der Waals surface area (Å²) in [5.74, 6) is -0.642. The van der Waals surface area contributed by atoms with E-state index in [0.29, 0.717) is 5.56 Å². The van der Waals surface area contributed by atoms with E-state index in [1.165, 1.54) is 12.1 Å². The number of hydroxylamine groups is 1. The smallest absolute Gasteiger partial charge is 0.131 e. The second-order valence-corrected chi connectivity index (χ2v) is 2.53. The standard InChI is InChI=1S/C8H10FNO2/c1-5-2-3-7(9)6(4-10-12)8(5)11/h2-3,10-12H,4H2,1H3. The summed E-state index contributed by atoms with van der Waals surface area (Å²) in [6.07, 6.45) is 0. The van der Waals surface area contributed by atoms with E-state index >= 15 is 0 Å². The number of benzene rings is 1. The number of phenolic OH excluding ortho intramolecular Hbond substituents is 1. The average molecular weight is 171 g/mol. The van der Waals surface area contributed by atoms with Crippen LogP contribution in [0.1, 0.15) is 11.1 Å². The van der Waals surface area contributed by atoms with E-state index in [1.807, 2.05) is 0 Å². The van der Waals surface area contributed by atoms with Gasteiger partial charge in [0.15, 0.2) is 0 Å². The maximum Gasteiger partial charge on any atom is 0.131 e. The summed E-state index contributed by atoms with van der Waals surface area (Å²) in [5, 5.41) is 17.7. The summed E-state index contributed by atoms with van der Waals surface area (Å²) >= 11 is 0. The molecule has 0 aliphatic rings. The molecule has 0 heterocycles. The lowest BCUT2D eigenvalue weighted by Crippen LogP contribution is -2.08. The Bertz CT molecular complexity index is 289. The Morgan fingerprint density at radius 1 is 1.50 bits per heavy atom. The highest BCUT2D eigenvalue weighted by Gasteiger charge is 2.08. The molecule has 12 heavy (non-hydrogen) atoms. The first kappa shape index (κ1) is 8.96. The van der Waals surface area contributed by atoms with E-state index in [1.54, 1.807) is 12.4 Å². The van der Waals surface area contributed by atoms with Crippen LogP contribution in [0.25, 0.3) is 0 Å². The number of hydrogen-bond donors (Lipinski definition) is 3. The van der Waals surface area contributed by atoms with Gasteiger partial charge < -0.3 is 10.3 Å². The molecule has 3 nitrogen and oxygen atoms in total. The predicted octanol–water partition coefficient (Wildman–Crippen LogP) is 1.32. The van der Waals surface area contributed by atoms with E-state index in [0.717, 1.165) is 0 Å². The molecule has 0 saturated carbocycles. The Morgan fingerprint density at radius 3 is 2.75 bits per heavy atom. The highest BCUT2D eigenvalue weighted by atomic mass is 19.1. The molecule has 0 saturated heterocycles. The number of nitrogens with one attached hydrogen (secondary N) is 1. The van der Waals surface area contributed by atoms with Gasteiger partial charge in [0.1, 0.15) is 11.6 Å². The molecule has 0 amide bonds. The van der Waals surface area contributed by atoms with Gasteiger partial charge in [-0.25, -0.2) is 9.87 Å². The summed E-state index contributed by atoms with van der Waals surface area (Å²) < 4.78 is 12.9. The lowest BCUT2D eigenvalue weighted by molar-refractivity contribution is 0.158. The van der Waals surface area contributed by atoms with Crippen LogP contribution in [-0.4, -0.2) is 10.3 Å². The molecule has 1 aromatic carbocycles. The van der Waals surface area contributed by atoms with E-state index in [-0.39, 0.29) is 17.9 Å². The first-order chi connectivity index (χ1) is 5.66. The van der Waals surface area contributed by atoms with Crippen LogP contribution in [-0.2, 0) is 6.54 Å². The van der Waals surface area contributed by atoms with Gasteiger partial charge >= 0.3 is 0 Å². The van der Waals surface area contributed by atoms with Crippen LogP contribution >= 0.6 is 0 Å². The molecule has 0 bridgehead atoms. The van der Waals surface area contributed by atoms with Gasteiger partial charge in [0.05, 0.1) is 6.54 Å². The molecule has 1 aromatic rings. The molecule has 0 aliphatic heterocycles. The molecule has 1 rings (SSSR count). The summed E-state index contributed by atoms with van der Waals surface area (Å²) in [7, 11) is 0. The maximum atomic E-state index is 12.9. The Labute approximate surface area is 69.4 Å². The van der Waals surface area contributed by atoms with E-state index in [4.69, 9.17) is 5.21 Å². The molecule has 0 radical (unpaired) electrons. The van der Waals surface area contributed by atoms with Crippen LogP contribution in [0.3, 0.4) is 0 Å². The topological polar surface area (TPSA) is 52.5 Å².